The van der Waals surface area contributed by atoms with Gasteiger partial charge in [-0.25, -0.2) is 4.79 Å². The van der Waals surface area contributed by atoms with E-state index in [-0.39, 0.29) is 6.42 Å². The normalized spacial score (nSPS) is 12.5. The molecule has 0 aliphatic heterocycles. The molecule has 0 saturated carbocycles. The minimum atomic E-state index is -1.18. The molecular formula is C36H37N3O4. The molecule has 0 saturated heterocycles. The fraction of sp³-hybridized carbons (Fsp3) is 0.250. The van der Waals surface area contributed by atoms with E-state index in [1.165, 1.54) is 0 Å². The summed E-state index contributed by atoms with van der Waals surface area (Å²) in [5.41, 5.74) is 2.87. The molecule has 7 heteroatoms. The third-order valence-electron chi connectivity index (χ3n) is 6.90. The van der Waals surface area contributed by atoms with Crippen LogP contribution in [0.2, 0.25) is 0 Å². The summed E-state index contributed by atoms with van der Waals surface area (Å²) in [6.07, 6.45) is 5.38. The Hall–Kier alpha value is -5.09. The molecule has 0 spiro atoms. The fourth-order valence-corrected chi connectivity index (χ4v) is 4.86. The Morgan fingerprint density at radius 2 is 1.56 bits per heavy atom. The van der Waals surface area contributed by atoms with E-state index >= 15 is 0 Å². The highest BCUT2D eigenvalue weighted by molar-refractivity contribution is 6.01. The van der Waals surface area contributed by atoms with Crippen LogP contribution in [0.1, 0.15) is 49.1 Å². The molecule has 0 radical (unpaired) electrons. The number of anilines is 1. The molecule has 3 amide bonds. The summed E-state index contributed by atoms with van der Waals surface area (Å²) in [5.74, 6) is -1.09. The molecule has 2 unspecified atom stereocenters. The summed E-state index contributed by atoms with van der Waals surface area (Å²) in [4.78, 5) is 42.3. The Kier molecular flexibility index (Phi) is 9.52. The summed E-state index contributed by atoms with van der Waals surface area (Å²) >= 11 is 0. The Bertz CT molecular complexity index is 1670. The van der Waals surface area contributed by atoms with Crippen LogP contribution in [0, 0.1) is 26.3 Å². The third kappa shape index (κ3) is 8.02. The van der Waals surface area contributed by atoms with Crippen molar-refractivity contribution in [2.75, 3.05) is 5.32 Å². The Labute approximate surface area is 253 Å². The van der Waals surface area contributed by atoms with Crippen LogP contribution >= 0.6 is 0 Å². The summed E-state index contributed by atoms with van der Waals surface area (Å²) < 4.78 is 5.46. The second-order valence-corrected chi connectivity index (χ2v) is 11.5. The molecule has 0 aliphatic carbocycles. The van der Waals surface area contributed by atoms with E-state index in [2.05, 4.69) is 16.7 Å². The maximum atomic E-state index is 14.3. The number of amides is 3. The first-order valence-electron chi connectivity index (χ1n) is 14.1. The largest absolute Gasteiger partial charge is 0.444 e. The lowest BCUT2D eigenvalue weighted by atomic mass is 9.95. The van der Waals surface area contributed by atoms with Crippen molar-refractivity contribution in [3.8, 4) is 12.5 Å². The smallest absolute Gasteiger partial charge is 0.408 e. The van der Waals surface area contributed by atoms with Gasteiger partial charge in [0.15, 0.2) is 0 Å². The Morgan fingerprint density at radius 1 is 0.884 bits per heavy atom. The van der Waals surface area contributed by atoms with Gasteiger partial charge in [-0.2, -0.15) is 0 Å². The number of nitrogens with zero attached hydrogens (tertiary/aromatic N) is 1. The van der Waals surface area contributed by atoms with E-state index in [4.69, 9.17) is 11.2 Å². The van der Waals surface area contributed by atoms with Gasteiger partial charge in [0.1, 0.15) is 17.7 Å². The van der Waals surface area contributed by atoms with Gasteiger partial charge < -0.3 is 15.4 Å². The highest BCUT2D eigenvalue weighted by Crippen LogP contribution is 2.29. The summed E-state index contributed by atoms with van der Waals surface area (Å²) in [6, 6.07) is 28.5. The lowest BCUT2D eigenvalue weighted by Gasteiger charge is -2.31. The molecule has 0 bridgehead atoms. The number of hydrogen-bond donors (Lipinski definition) is 2. The minimum absolute atomic E-state index is 0.142. The number of carbonyl (C=O) groups is 3. The van der Waals surface area contributed by atoms with Crippen molar-refractivity contribution in [2.45, 2.75) is 58.7 Å². The molecule has 2 N–H and O–H groups in total. The first kappa shape index (κ1) is 30.9. The monoisotopic (exact) mass is 575 g/mol. The van der Waals surface area contributed by atoms with Gasteiger partial charge in [-0.3, -0.25) is 14.5 Å². The van der Waals surface area contributed by atoms with E-state index in [0.29, 0.717) is 11.3 Å². The Balaban J connectivity index is 1.73. The third-order valence-corrected chi connectivity index (χ3v) is 6.90. The van der Waals surface area contributed by atoms with Gasteiger partial charge in [0.25, 0.3) is 11.8 Å². The number of rotatable bonds is 8. The number of hydrogen-bond acceptors (Lipinski definition) is 4. The minimum Gasteiger partial charge on any atom is -0.444 e. The van der Waals surface area contributed by atoms with Crippen LogP contribution in [0.3, 0.4) is 0 Å². The average Bonchev–Trinajstić information content (AvgIpc) is 2.96. The lowest BCUT2D eigenvalue weighted by Crippen LogP contribution is -2.51. The molecule has 2 atom stereocenters. The second kappa shape index (κ2) is 13.3. The van der Waals surface area contributed by atoms with Crippen LogP contribution in [0.15, 0.2) is 91.0 Å². The van der Waals surface area contributed by atoms with Crippen molar-refractivity contribution in [1.29, 1.82) is 0 Å². The van der Waals surface area contributed by atoms with E-state index in [0.717, 1.165) is 32.4 Å². The van der Waals surface area contributed by atoms with E-state index in [9.17, 15) is 14.4 Å². The van der Waals surface area contributed by atoms with Crippen molar-refractivity contribution < 1.29 is 19.1 Å². The molecule has 4 aromatic carbocycles. The van der Waals surface area contributed by atoms with Gasteiger partial charge in [0.05, 0.1) is 0 Å². The van der Waals surface area contributed by atoms with Crippen molar-refractivity contribution in [3.05, 3.63) is 113 Å². The number of benzene rings is 4. The number of nitrogens with one attached hydrogen (secondary N) is 2. The van der Waals surface area contributed by atoms with Gasteiger partial charge in [-0.05, 0) is 74.2 Å². The zero-order valence-electron chi connectivity index (χ0n) is 25.2. The predicted octanol–water partition coefficient (Wildman–Crippen LogP) is 6.69. The van der Waals surface area contributed by atoms with Crippen LogP contribution in [0.4, 0.5) is 10.5 Å². The summed E-state index contributed by atoms with van der Waals surface area (Å²) in [5, 5.41) is 7.66. The average molecular weight is 576 g/mol. The molecule has 0 aromatic heterocycles. The maximum Gasteiger partial charge on any atom is 0.408 e. The number of ether oxygens (including phenoxy) is 1. The van der Waals surface area contributed by atoms with Crippen LogP contribution in [-0.2, 0) is 20.7 Å². The number of carbonyl (C=O) groups excluding carboxylic acids is 3. The second-order valence-electron chi connectivity index (χ2n) is 11.5. The van der Waals surface area contributed by atoms with Gasteiger partial charge in [0.2, 0.25) is 0 Å². The van der Waals surface area contributed by atoms with E-state index in [1.807, 2.05) is 105 Å². The van der Waals surface area contributed by atoms with Gasteiger partial charge >= 0.3 is 6.09 Å². The first-order valence-corrected chi connectivity index (χ1v) is 14.1. The molecule has 0 heterocycles. The highest BCUT2D eigenvalue weighted by atomic mass is 16.6. The zero-order valence-corrected chi connectivity index (χ0v) is 25.2. The number of aryl methyl sites for hydroxylation is 2. The highest BCUT2D eigenvalue weighted by Gasteiger charge is 2.37. The summed E-state index contributed by atoms with van der Waals surface area (Å²) in [7, 11) is 0. The number of alkyl carbamates (subject to hydrolysis) is 1. The molecule has 0 aliphatic rings. The van der Waals surface area contributed by atoms with E-state index in [1.54, 1.807) is 20.8 Å². The lowest BCUT2D eigenvalue weighted by molar-refractivity contribution is -0.136. The van der Waals surface area contributed by atoms with Crippen molar-refractivity contribution in [1.82, 2.24) is 10.2 Å². The van der Waals surface area contributed by atoms with Gasteiger partial charge in [-0.1, -0.05) is 90.8 Å². The first-order chi connectivity index (χ1) is 20.4. The molecular weight excluding hydrogens is 538 g/mol. The number of terminal acetylenes is 1. The predicted molar refractivity (Wildman–Crippen MR) is 170 cm³/mol. The van der Waals surface area contributed by atoms with Gasteiger partial charge in [0, 0.05) is 18.2 Å². The molecule has 4 rings (SSSR count). The van der Waals surface area contributed by atoms with Crippen LogP contribution in [-0.4, -0.2) is 34.5 Å². The zero-order chi connectivity index (χ0) is 31.1. The van der Waals surface area contributed by atoms with Gasteiger partial charge in [-0.15, -0.1) is 0 Å². The molecule has 4 aromatic rings. The van der Waals surface area contributed by atoms with Crippen molar-refractivity contribution in [2.24, 2.45) is 0 Å². The molecule has 220 valence electrons. The quantitative estimate of drug-likeness (QED) is 0.181. The fourth-order valence-electron chi connectivity index (χ4n) is 4.86. The Morgan fingerprint density at radius 3 is 2.23 bits per heavy atom. The van der Waals surface area contributed by atoms with Crippen LogP contribution in [0.25, 0.3) is 10.8 Å². The van der Waals surface area contributed by atoms with Crippen LogP contribution in [0.5, 0.6) is 0 Å². The van der Waals surface area contributed by atoms with Crippen molar-refractivity contribution >= 4 is 34.4 Å². The number of fused-ring (bicyclic) bond motifs is 1. The van der Waals surface area contributed by atoms with Crippen molar-refractivity contribution in [3.63, 3.8) is 0 Å². The standard InChI is InChI=1S/C36H37N3O4/c1-7-39(34(41)31(22-26-13-9-8-10-14-26)38-35(42)43-36(4,5)6)32(30-21-24(2)17-18-25(30)3)33(40)37-29-20-19-27-15-11-12-16-28(27)23-29/h1,8-21,23,31-32H,22H2,2-6H3,(H,37,40)(H,38,42). The van der Waals surface area contributed by atoms with E-state index < -0.39 is 35.6 Å². The summed E-state index contributed by atoms with van der Waals surface area (Å²) in [6.45, 7) is 8.99. The maximum absolute atomic E-state index is 14.3. The topological polar surface area (TPSA) is 87.7 Å². The molecule has 7 nitrogen and oxygen atoms in total. The molecule has 43 heavy (non-hydrogen) atoms. The van der Waals surface area contributed by atoms with Crippen LogP contribution < -0.4 is 10.6 Å². The SMILES string of the molecule is C#CN(C(=O)C(Cc1ccccc1)NC(=O)OC(C)(C)C)C(C(=O)Nc1ccc2ccccc2c1)c1cc(C)ccc1C. The molecule has 0 fully saturated rings.